The Morgan fingerprint density at radius 1 is 1.05 bits per heavy atom. The molecule has 0 aliphatic rings. The van der Waals surface area contributed by atoms with E-state index in [1.54, 1.807) is 18.2 Å². The highest BCUT2D eigenvalue weighted by Gasteiger charge is 2.06. The zero-order chi connectivity index (χ0) is 14.7. The molecule has 0 aliphatic heterocycles. The van der Waals surface area contributed by atoms with Crippen LogP contribution in [0.1, 0.15) is 16.3 Å². The lowest BCUT2D eigenvalue weighted by Gasteiger charge is -1.96. The number of carbonyl (C=O) groups is 1. The number of carbonyl (C=O) groups excluding carboxylic acids is 1. The van der Waals surface area contributed by atoms with Gasteiger partial charge in [0.2, 0.25) is 5.78 Å². The minimum atomic E-state index is -0.193. The monoisotopic (exact) mass is 342 g/mol. The average molecular weight is 343 g/mol. The van der Waals surface area contributed by atoms with Crippen molar-refractivity contribution < 1.29 is 13.6 Å². The molecule has 0 radical (unpaired) electrons. The molecule has 0 aliphatic carbocycles. The Balaban J connectivity index is 1.76. The van der Waals surface area contributed by atoms with Crippen LogP contribution in [0.15, 0.2) is 74.2 Å². The van der Waals surface area contributed by atoms with E-state index in [2.05, 4.69) is 15.9 Å². The van der Waals surface area contributed by atoms with Crippen LogP contribution < -0.4 is 0 Å². The van der Waals surface area contributed by atoms with Gasteiger partial charge in [0.25, 0.3) is 0 Å². The van der Waals surface area contributed by atoms with E-state index in [1.807, 2.05) is 36.4 Å². The number of benzene rings is 1. The van der Waals surface area contributed by atoms with Gasteiger partial charge in [-0.3, -0.25) is 4.79 Å². The fraction of sp³-hybridized carbons (Fsp3) is 0. The second kappa shape index (κ2) is 5.97. The summed E-state index contributed by atoms with van der Waals surface area (Å²) in [5.74, 6) is 1.49. The van der Waals surface area contributed by atoms with Crippen LogP contribution in [0.5, 0.6) is 0 Å². The lowest BCUT2D eigenvalue weighted by atomic mass is 10.2. The van der Waals surface area contributed by atoms with Crippen LogP contribution in [-0.4, -0.2) is 5.78 Å². The summed E-state index contributed by atoms with van der Waals surface area (Å²) in [6.45, 7) is 0. The summed E-state index contributed by atoms with van der Waals surface area (Å²) in [6.07, 6.45) is 4.54. The second-order valence-electron chi connectivity index (χ2n) is 4.38. The van der Waals surface area contributed by atoms with Gasteiger partial charge in [0.15, 0.2) is 5.76 Å². The zero-order valence-corrected chi connectivity index (χ0v) is 12.5. The van der Waals surface area contributed by atoms with Crippen molar-refractivity contribution in [3.05, 3.63) is 76.9 Å². The third-order valence-corrected chi connectivity index (χ3v) is 3.45. The molecule has 0 fully saturated rings. The van der Waals surface area contributed by atoms with Gasteiger partial charge in [-0.25, -0.2) is 0 Å². The third kappa shape index (κ3) is 3.23. The summed E-state index contributed by atoms with van der Waals surface area (Å²) in [6, 6.07) is 14.8. The van der Waals surface area contributed by atoms with Crippen molar-refractivity contribution in [2.45, 2.75) is 0 Å². The quantitative estimate of drug-likeness (QED) is 0.483. The van der Waals surface area contributed by atoms with Crippen LogP contribution in [0.25, 0.3) is 17.4 Å². The molecule has 0 saturated carbocycles. The van der Waals surface area contributed by atoms with E-state index >= 15 is 0 Å². The summed E-state index contributed by atoms with van der Waals surface area (Å²) in [7, 11) is 0. The topological polar surface area (TPSA) is 43.4 Å². The number of halogens is 1. The molecule has 2 heterocycles. The molecule has 3 aromatic rings. The van der Waals surface area contributed by atoms with Gasteiger partial charge in [0.05, 0.1) is 6.26 Å². The maximum absolute atomic E-state index is 11.8. The minimum Gasteiger partial charge on any atom is -0.461 e. The Bertz CT molecular complexity index is 765. The Labute approximate surface area is 130 Å². The third-order valence-electron chi connectivity index (χ3n) is 2.92. The van der Waals surface area contributed by atoms with Gasteiger partial charge in [-0.2, -0.15) is 0 Å². The van der Waals surface area contributed by atoms with Gasteiger partial charge in [-0.15, -0.1) is 0 Å². The first kappa shape index (κ1) is 13.6. The maximum atomic E-state index is 11.8. The van der Waals surface area contributed by atoms with Gasteiger partial charge in [0.1, 0.15) is 11.5 Å². The highest BCUT2D eigenvalue weighted by atomic mass is 79.9. The van der Waals surface area contributed by atoms with Crippen molar-refractivity contribution in [1.82, 2.24) is 0 Å². The number of rotatable bonds is 4. The number of hydrogen-bond acceptors (Lipinski definition) is 3. The van der Waals surface area contributed by atoms with E-state index in [-0.39, 0.29) is 5.78 Å². The standard InChI is InChI=1S/C17H11BrO3/c18-13-5-3-12(4-6-13)16-10-8-14(21-16)7-9-15(19)17-2-1-11-20-17/h1-11H. The number of furan rings is 2. The van der Waals surface area contributed by atoms with E-state index in [0.29, 0.717) is 11.5 Å². The van der Waals surface area contributed by atoms with Gasteiger partial charge >= 0.3 is 0 Å². The highest BCUT2D eigenvalue weighted by molar-refractivity contribution is 9.10. The summed E-state index contributed by atoms with van der Waals surface area (Å²) < 4.78 is 11.7. The molecular formula is C17H11BrO3. The first-order valence-corrected chi connectivity index (χ1v) is 7.13. The first-order valence-electron chi connectivity index (χ1n) is 6.34. The highest BCUT2D eigenvalue weighted by Crippen LogP contribution is 2.24. The van der Waals surface area contributed by atoms with Gasteiger partial charge in [0, 0.05) is 10.0 Å². The summed E-state index contributed by atoms with van der Waals surface area (Å²) in [4.78, 5) is 11.8. The lowest BCUT2D eigenvalue weighted by molar-refractivity contribution is 0.102. The molecule has 21 heavy (non-hydrogen) atoms. The number of ketones is 1. The molecule has 1 aromatic carbocycles. The smallest absolute Gasteiger partial charge is 0.221 e. The van der Waals surface area contributed by atoms with Crippen molar-refractivity contribution in [3.8, 4) is 11.3 Å². The molecule has 3 rings (SSSR count). The Kier molecular flexibility index (Phi) is 3.88. The van der Waals surface area contributed by atoms with Crippen LogP contribution in [-0.2, 0) is 0 Å². The Hall–Kier alpha value is -2.33. The van der Waals surface area contributed by atoms with Crippen molar-refractivity contribution in [3.63, 3.8) is 0 Å². The Morgan fingerprint density at radius 2 is 1.86 bits per heavy atom. The predicted molar refractivity (Wildman–Crippen MR) is 83.9 cm³/mol. The summed E-state index contributed by atoms with van der Waals surface area (Å²) >= 11 is 3.39. The zero-order valence-electron chi connectivity index (χ0n) is 11.0. The number of hydrogen-bond donors (Lipinski definition) is 0. The molecule has 2 aromatic heterocycles. The molecule has 0 N–H and O–H groups in total. The molecule has 104 valence electrons. The fourth-order valence-corrected chi connectivity index (χ4v) is 2.13. The lowest BCUT2D eigenvalue weighted by Crippen LogP contribution is -1.89. The molecular weight excluding hydrogens is 332 g/mol. The average Bonchev–Trinajstić information content (AvgIpc) is 3.17. The van der Waals surface area contributed by atoms with Crippen molar-refractivity contribution in [2.24, 2.45) is 0 Å². The molecule has 0 bridgehead atoms. The summed E-state index contributed by atoms with van der Waals surface area (Å²) in [5, 5.41) is 0. The first-order chi connectivity index (χ1) is 10.2. The van der Waals surface area contributed by atoms with Crippen LogP contribution in [0, 0.1) is 0 Å². The second-order valence-corrected chi connectivity index (χ2v) is 5.30. The SMILES string of the molecule is O=C(C=Cc1ccc(-c2ccc(Br)cc2)o1)c1ccco1. The van der Waals surface area contributed by atoms with Crippen LogP contribution in [0.3, 0.4) is 0 Å². The summed E-state index contributed by atoms with van der Waals surface area (Å²) in [5.41, 5.74) is 0.982. The van der Waals surface area contributed by atoms with E-state index in [9.17, 15) is 4.79 Å². The predicted octanol–water partition coefficient (Wildman–Crippen LogP) is 5.20. The van der Waals surface area contributed by atoms with E-state index in [0.717, 1.165) is 15.8 Å². The molecule has 0 saturated heterocycles. The van der Waals surface area contributed by atoms with E-state index in [4.69, 9.17) is 8.83 Å². The van der Waals surface area contributed by atoms with Crippen LogP contribution in [0.4, 0.5) is 0 Å². The van der Waals surface area contributed by atoms with Gasteiger partial charge < -0.3 is 8.83 Å². The van der Waals surface area contributed by atoms with Crippen LogP contribution >= 0.6 is 15.9 Å². The molecule has 3 nitrogen and oxygen atoms in total. The minimum absolute atomic E-state index is 0.193. The fourth-order valence-electron chi connectivity index (χ4n) is 1.87. The molecule has 0 unspecified atom stereocenters. The van der Waals surface area contributed by atoms with E-state index < -0.39 is 0 Å². The van der Waals surface area contributed by atoms with Gasteiger partial charge in [-0.1, -0.05) is 28.1 Å². The molecule has 0 atom stereocenters. The molecule has 4 heteroatoms. The molecule has 0 spiro atoms. The van der Waals surface area contributed by atoms with Crippen LogP contribution in [0.2, 0.25) is 0 Å². The normalized spacial score (nSPS) is 11.1. The molecule has 0 amide bonds. The largest absolute Gasteiger partial charge is 0.461 e. The maximum Gasteiger partial charge on any atom is 0.221 e. The van der Waals surface area contributed by atoms with Crippen molar-refractivity contribution in [1.29, 1.82) is 0 Å². The van der Waals surface area contributed by atoms with E-state index in [1.165, 1.54) is 12.3 Å². The Morgan fingerprint density at radius 3 is 2.57 bits per heavy atom. The number of allylic oxidation sites excluding steroid dienone is 1. The van der Waals surface area contributed by atoms with Gasteiger partial charge in [-0.05, 0) is 48.6 Å². The van der Waals surface area contributed by atoms with Crippen molar-refractivity contribution in [2.75, 3.05) is 0 Å². The van der Waals surface area contributed by atoms with Crippen molar-refractivity contribution >= 4 is 27.8 Å².